The largest absolute Gasteiger partial charge is 1.00 e. The predicted molar refractivity (Wildman–Crippen MR) is 203 cm³/mol. The first-order valence-electron chi connectivity index (χ1n) is 17.2. The number of nitrogens with zero attached hydrogens (tertiary/aromatic N) is 1. The fourth-order valence-electron chi connectivity index (χ4n) is 4.50. The zero-order valence-corrected chi connectivity index (χ0v) is 33.8. The molecule has 0 atom stereocenters. The quantitative estimate of drug-likeness (QED) is 0.158. The van der Waals surface area contributed by atoms with Crippen LogP contribution in [0.2, 0.25) is 0 Å². The molecule has 3 aromatic rings. The van der Waals surface area contributed by atoms with Gasteiger partial charge >= 0.3 is 35.8 Å². The number of ether oxygens (including phenoxy) is 5. The number of aromatic carboxylic acids is 1. The molecule has 0 aliphatic carbocycles. The third kappa shape index (κ3) is 20.9. The van der Waals surface area contributed by atoms with Crippen molar-refractivity contribution in [1.29, 1.82) is 0 Å². The maximum atomic E-state index is 12.0. The zero-order chi connectivity index (χ0) is 39.8. The van der Waals surface area contributed by atoms with Crippen LogP contribution < -0.4 is 31.5 Å². The van der Waals surface area contributed by atoms with E-state index in [1.54, 1.807) is 60.7 Å². The van der Waals surface area contributed by atoms with Crippen molar-refractivity contribution in [3.05, 3.63) is 89.5 Å². The van der Waals surface area contributed by atoms with E-state index in [4.69, 9.17) is 24.1 Å². The topological polar surface area (TPSA) is 176 Å². The molecule has 0 fully saturated rings. The molecule has 304 valence electrons. The smallest absolute Gasteiger partial charge is 0.342 e. The Bertz CT molecular complexity index is 1560. The predicted octanol–water partition coefficient (Wildman–Crippen LogP) is 1.54. The van der Waals surface area contributed by atoms with Crippen LogP contribution in [0.1, 0.15) is 79.5 Å². The Hall–Kier alpha value is -5.02. The molecular weight excluding hydrogens is 759 g/mol. The molecule has 0 aliphatic rings. The van der Waals surface area contributed by atoms with E-state index >= 15 is 0 Å². The summed E-state index contributed by atoms with van der Waals surface area (Å²) >= 11 is 0. The monoisotopic (exact) mass is 810 g/mol. The summed E-state index contributed by atoms with van der Waals surface area (Å²) in [7, 11) is 0. The fourth-order valence-corrected chi connectivity index (χ4v) is 4.50. The lowest BCUT2D eigenvalue weighted by Crippen LogP contribution is -3.11. The lowest BCUT2D eigenvalue weighted by molar-refractivity contribution is -0.896. The Kier molecular flexibility index (Phi) is 27.8. The zero-order valence-electron chi connectivity index (χ0n) is 32.3. The summed E-state index contributed by atoms with van der Waals surface area (Å²) < 4.78 is 25.1. The second-order valence-electron chi connectivity index (χ2n) is 11.1. The summed E-state index contributed by atoms with van der Waals surface area (Å²) in [5.41, 5.74) is 0.525. The van der Waals surface area contributed by atoms with Crippen LogP contribution in [0.15, 0.2) is 72.8 Å². The first-order chi connectivity index (χ1) is 25.3. The molecule has 0 heterocycles. The van der Waals surface area contributed by atoms with Crippen molar-refractivity contribution in [1.82, 2.24) is 4.90 Å². The number of nitrogens with one attached hydrogen (secondary N) is 1. The number of esters is 5. The van der Waals surface area contributed by atoms with Gasteiger partial charge in [-0.2, -0.15) is 0 Å². The van der Waals surface area contributed by atoms with Crippen LogP contribution in [0.4, 0.5) is 0 Å². The van der Waals surface area contributed by atoms with Gasteiger partial charge in [0.15, 0.2) is 0 Å². The highest BCUT2D eigenvalue weighted by molar-refractivity contribution is 5.94. The van der Waals surface area contributed by atoms with E-state index in [0.717, 1.165) is 32.7 Å². The molecule has 0 radical (unpaired) electrons. The van der Waals surface area contributed by atoms with Gasteiger partial charge in [0.25, 0.3) is 0 Å². The number of rotatable bonds is 16. The molecule has 0 saturated carbocycles. The molecule has 0 amide bonds. The molecule has 0 unspecified atom stereocenters. The summed E-state index contributed by atoms with van der Waals surface area (Å²) in [5, 5.41) is 8.69. The molecule has 55 heavy (non-hydrogen) atoms. The van der Waals surface area contributed by atoms with Crippen LogP contribution in [0.5, 0.6) is 17.2 Å². The van der Waals surface area contributed by atoms with E-state index in [1.807, 2.05) is 0 Å². The van der Waals surface area contributed by atoms with Gasteiger partial charge in [0.2, 0.25) is 0 Å². The van der Waals surface area contributed by atoms with Gasteiger partial charge < -0.3 is 51.0 Å². The standard InChI is InChI=1S/2C15H21NO4.C9H8O4.2ClH/c2*1-4-16(5-2)10-11-19-15(18)13-8-6-7-9-14(13)20-12(3)17;1-6(10)13-8-5-3-2-4-7(8)9(11)12;;/h2*6-9H,4-5,10-11H2,1-3H3;2-5H,1H3,(H,11,12);2*1H. The van der Waals surface area contributed by atoms with Gasteiger partial charge in [-0.1, -0.05) is 50.2 Å². The molecule has 16 heteroatoms. The van der Waals surface area contributed by atoms with Crippen molar-refractivity contribution >= 4 is 48.2 Å². The molecular formula is C39H52Cl2N2O12. The Balaban J connectivity index is 0. The minimum Gasteiger partial charge on any atom is -1.00 e. The van der Waals surface area contributed by atoms with Crippen LogP contribution in [0.3, 0.4) is 0 Å². The number of carbonyl (C=O) groups excluding carboxylic acids is 5. The highest BCUT2D eigenvalue weighted by atomic mass is 35.5. The lowest BCUT2D eigenvalue weighted by atomic mass is 10.2. The highest BCUT2D eigenvalue weighted by Gasteiger charge is 2.17. The van der Waals surface area contributed by atoms with Crippen molar-refractivity contribution in [3.63, 3.8) is 0 Å². The van der Waals surface area contributed by atoms with Crippen LogP contribution in [-0.2, 0) is 23.9 Å². The molecule has 14 nitrogen and oxygen atoms in total. The van der Waals surface area contributed by atoms with Crippen LogP contribution in [-0.4, -0.2) is 98.3 Å². The van der Waals surface area contributed by atoms with Gasteiger partial charge in [0, 0.05) is 27.3 Å². The van der Waals surface area contributed by atoms with Crippen LogP contribution in [0, 0.1) is 0 Å². The van der Waals surface area contributed by atoms with Gasteiger partial charge in [0.05, 0.1) is 13.1 Å². The average molecular weight is 812 g/mol. The molecule has 0 aliphatic heterocycles. The minimum absolute atomic E-state index is 0. The second-order valence-corrected chi connectivity index (χ2v) is 11.1. The Labute approximate surface area is 334 Å². The molecule has 0 spiro atoms. The van der Waals surface area contributed by atoms with E-state index in [0.29, 0.717) is 19.8 Å². The number of benzene rings is 3. The van der Waals surface area contributed by atoms with E-state index in [2.05, 4.69) is 37.3 Å². The van der Waals surface area contributed by atoms with Crippen molar-refractivity contribution in [2.45, 2.75) is 48.5 Å². The Morgan fingerprint density at radius 3 is 1.27 bits per heavy atom. The molecule has 0 bridgehead atoms. The third-order valence-electron chi connectivity index (χ3n) is 7.32. The summed E-state index contributed by atoms with van der Waals surface area (Å²) in [6.45, 7) is 18.1. The molecule has 2 N–H and O–H groups in total. The summed E-state index contributed by atoms with van der Waals surface area (Å²) in [6, 6.07) is 19.1. The number of para-hydroxylation sites is 3. The van der Waals surface area contributed by atoms with Crippen molar-refractivity contribution < 1.29 is 74.9 Å². The number of hydrogen-bond acceptors (Lipinski definition) is 12. The van der Waals surface area contributed by atoms with E-state index < -0.39 is 35.8 Å². The minimum atomic E-state index is -1.11. The number of likely N-dealkylation sites (N-methyl/N-ethyl adjacent to an activating group) is 2. The first kappa shape index (κ1) is 52.1. The number of carbonyl (C=O) groups is 6. The van der Waals surface area contributed by atoms with Crippen molar-refractivity contribution in [2.75, 3.05) is 52.5 Å². The van der Waals surface area contributed by atoms with Gasteiger partial charge in [-0.3, -0.25) is 14.4 Å². The molecule has 0 aromatic heterocycles. The van der Waals surface area contributed by atoms with Gasteiger partial charge in [-0.15, -0.1) is 12.4 Å². The van der Waals surface area contributed by atoms with Gasteiger partial charge in [-0.05, 0) is 63.3 Å². The van der Waals surface area contributed by atoms with E-state index in [-0.39, 0.29) is 58.8 Å². The third-order valence-corrected chi connectivity index (χ3v) is 7.32. The molecule has 3 rings (SSSR count). The summed E-state index contributed by atoms with van der Waals surface area (Å²) in [4.78, 5) is 70.6. The normalized spacial score (nSPS) is 9.76. The van der Waals surface area contributed by atoms with E-state index in [9.17, 15) is 28.8 Å². The maximum absolute atomic E-state index is 12.0. The van der Waals surface area contributed by atoms with Crippen LogP contribution >= 0.6 is 12.4 Å². The highest BCUT2D eigenvalue weighted by Crippen LogP contribution is 2.20. The first-order valence-corrected chi connectivity index (χ1v) is 17.2. The maximum Gasteiger partial charge on any atom is 0.342 e. The number of carboxylic acids is 1. The van der Waals surface area contributed by atoms with Crippen molar-refractivity contribution in [2.24, 2.45) is 0 Å². The average Bonchev–Trinajstić information content (AvgIpc) is 3.12. The van der Waals surface area contributed by atoms with Crippen LogP contribution in [0.25, 0.3) is 0 Å². The second kappa shape index (κ2) is 29.4. The summed E-state index contributed by atoms with van der Waals surface area (Å²) in [5.74, 6) is -2.98. The number of hydrogen-bond donors (Lipinski definition) is 2. The number of halogens is 2. The van der Waals surface area contributed by atoms with Gasteiger partial charge in [0.1, 0.15) is 53.7 Å². The fraction of sp³-hybridized carbons (Fsp3) is 0.385. The number of quaternary nitrogens is 1. The number of carboxylic acid groups (broad SMARTS) is 1. The Morgan fingerprint density at radius 1 is 0.582 bits per heavy atom. The lowest BCUT2D eigenvalue weighted by Gasteiger charge is -2.17. The Morgan fingerprint density at radius 2 is 0.927 bits per heavy atom. The van der Waals surface area contributed by atoms with Gasteiger partial charge in [-0.25, -0.2) is 14.4 Å². The summed E-state index contributed by atoms with van der Waals surface area (Å²) in [6.07, 6.45) is 0. The van der Waals surface area contributed by atoms with Crippen molar-refractivity contribution in [3.8, 4) is 17.2 Å². The SMILES string of the molecule is CC(=O)Oc1ccccc1C(=O)O.CCN(CC)CCOC(=O)c1ccccc1OC(C)=O.CC[NH+](CC)CCOC(=O)c1ccccc1OC(C)=O.Cl.[Cl-]. The molecule has 3 aromatic carbocycles. The molecule has 0 saturated heterocycles. The van der Waals surface area contributed by atoms with E-state index in [1.165, 1.54) is 37.8 Å².